The summed E-state index contributed by atoms with van der Waals surface area (Å²) in [6.45, 7) is 3.58. The third-order valence-corrected chi connectivity index (χ3v) is 0.952. The third kappa shape index (κ3) is 23.2. The summed E-state index contributed by atoms with van der Waals surface area (Å²) in [7, 11) is 0. The van der Waals surface area contributed by atoms with Crippen LogP contribution in [0.3, 0.4) is 0 Å². The molecule has 0 aromatic carbocycles. The smallest absolute Gasteiger partial charge is 0.203 e. The van der Waals surface area contributed by atoms with Crippen molar-refractivity contribution in [2.45, 2.75) is 26.7 Å². The lowest BCUT2D eigenvalue weighted by Gasteiger charge is -1.84. The molecule has 72 valence electrons. The van der Waals surface area contributed by atoms with Crippen LogP contribution >= 0.6 is 0 Å². The molecule has 0 rings (SSSR count). The first-order valence-corrected chi connectivity index (χ1v) is 3.78. The number of hydrogen-bond acceptors (Lipinski definition) is 4. The molecule has 0 heterocycles. The second-order valence-corrected chi connectivity index (χ2v) is 2.06. The van der Waals surface area contributed by atoms with E-state index in [2.05, 4.69) is 0 Å². The van der Waals surface area contributed by atoms with Gasteiger partial charge in [-0.15, -0.1) is 0 Å². The van der Waals surface area contributed by atoms with Crippen LogP contribution in [-0.4, -0.2) is 22.9 Å². The summed E-state index contributed by atoms with van der Waals surface area (Å²) in [6.07, 6.45) is 1.61. The summed E-state index contributed by atoms with van der Waals surface area (Å²) in [6, 6.07) is 0. The van der Waals surface area contributed by atoms with Gasteiger partial charge in [-0.2, -0.15) is 0 Å². The molecule has 12 heavy (non-hydrogen) atoms. The highest BCUT2D eigenvalue weighted by atomic mass is 16.6. The van der Waals surface area contributed by atoms with Crippen molar-refractivity contribution in [1.29, 1.82) is 0 Å². The van der Waals surface area contributed by atoms with E-state index < -0.39 is 0 Å². The Morgan fingerprint density at radius 1 is 1.08 bits per heavy atom. The van der Waals surface area contributed by atoms with Gasteiger partial charge < -0.3 is 0 Å². The zero-order chi connectivity index (χ0) is 9.98. The van der Waals surface area contributed by atoms with E-state index in [0.717, 1.165) is 6.42 Å². The van der Waals surface area contributed by atoms with Crippen molar-refractivity contribution in [3.05, 3.63) is 20.2 Å². The van der Waals surface area contributed by atoms with Gasteiger partial charge in [-0.25, -0.2) is 0 Å². The molecule has 0 aromatic rings. The molecule has 0 aromatic heterocycles. The monoisotopic (exact) mass is 178 g/mol. The minimum Gasteiger partial charge on any atom is -0.265 e. The van der Waals surface area contributed by atoms with Gasteiger partial charge in [0.1, 0.15) is 0 Å². The predicted octanol–water partition coefficient (Wildman–Crippen LogP) is 1.35. The summed E-state index contributed by atoms with van der Waals surface area (Å²) < 4.78 is 0. The molecule has 0 saturated carbocycles. The standard InChI is InChI=1S/C4H9NO2.C2H5NO2/c1-2-3-4-5(6)7;1-2-3(4)5/h2-4H2,1H3;2H2,1H3. The molecular weight excluding hydrogens is 164 g/mol. The first-order valence-electron chi connectivity index (χ1n) is 3.78. The Morgan fingerprint density at radius 3 is 1.58 bits per heavy atom. The van der Waals surface area contributed by atoms with E-state index in [4.69, 9.17) is 0 Å². The fourth-order valence-corrected chi connectivity index (χ4v) is 0.287. The van der Waals surface area contributed by atoms with E-state index in [-0.39, 0.29) is 22.9 Å². The van der Waals surface area contributed by atoms with Gasteiger partial charge in [0.2, 0.25) is 13.1 Å². The molecule has 0 saturated heterocycles. The van der Waals surface area contributed by atoms with Crippen LogP contribution in [-0.2, 0) is 0 Å². The fraction of sp³-hybridized carbons (Fsp3) is 1.00. The highest BCUT2D eigenvalue weighted by Crippen LogP contribution is 1.84. The molecule has 0 fully saturated rings. The van der Waals surface area contributed by atoms with Gasteiger partial charge in [-0.3, -0.25) is 20.2 Å². The van der Waals surface area contributed by atoms with E-state index in [0.29, 0.717) is 6.42 Å². The van der Waals surface area contributed by atoms with Crippen LogP contribution in [0.4, 0.5) is 0 Å². The van der Waals surface area contributed by atoms with E-state index in [1.54, 1.807) is 0 Å². The number of nitro groups is 2. The van der Waals surface area contributed by atoms with E-state index in [1.165, 1.54) is 6.92 Å². The largest absolute Gasteiger partial charge is 0.265 e. The molecule has 0 bridgehead atoms. The number of hydrogen-bond donors (Lipinski definition) is 0. The lowest BCUT2D eigenvalue weighted by Crippen LogP contribution is -1.98. The summed E-state index contributed by atoms with van der Waals surface area (Å²) in [5.41, 5.74) is 0. The molecule has 0 aliphatic rings. The van der Waals surface area contributed by atoms with Crippen molar-refractivity contribution in [1.82, 2.24) is 0 Å². The van der Waals surface area contributed by atoms with Gasteiger partial charge in [0.15, 0.2) is 0 Å². The van der Waals surface area contributed by atoms with Gasteiger partial charge >= 0.3 is 0 Å². The van der Waals surface area contributed by atoms with Crippen molar-refractivity contribution in [2.24, 2.45) is 0 Å². The van der Waals surface area contributed by atoms with Crippen molar-refractivity contribution in [3.8, 4) is 0 Å². The zero-order valence-electron chi connectivity index (χ0n) is 7.36. The molecule has 0 aliphatic carbocycles. The maximum Gasteiger partial charge on any atom is 0.203 e. The minimum atomic E-state index is -0.375. The molecule has 0 spiro atoms. The Labute approximate surface area is 70.9 Å². The van der Waals surface area contributed by atoms with Gasteiger partial charge in [-0.1, -0.05) is 6.92 Å². The first-order chi connectivity index (χ1) is 5.54. The number of unbranched alkanes of at least 4 members (excludes halogenated alkanes) is 1. The Hall–Kier alpha value is -1.20. The van der Waals surface area contributed by atoms with Crippen LogP contribution < -0.4 is 0 Å². The fourth-order valence-electron chi connectivity index (χ4n) is 0.287. The predicted molar refractivity (Wildman–Crippen MR) is 44.3 cm³/mol. The second-order valence-electron chi connectivity index (χ2n) is 2.06. The Kier molecular flexibility index (Phi) is 10.9. The topological polar surface area (TPSA) is 86.3 Å². The summed E-state index contributed by atoms with van der Waals surface area (Å²) in [4.78, 5) is 18.1. The third-order valence-electron chi connectivity index (χ3n) is 0.952. The minimum absolute atomic E-state index is 0.0278. The van der Waals surface area contributed by atoms with E-state index in [1.807, 2.05) is 6.92 Å². The molecule has 0 aliphatic heterocycles. The average Bonchev–Trinajstić information content (AvgIpc) is 2.02. The summed E-state index contributed by atoms with van der Waals surface area (Å²) in [5.74, 6) is 0. The average molecular weight is 178 g/mol. The van der Waals surface area contributed by atoms with Crippen LogP contribution in [0.2, 0.25) is 0 Å². The molecule has 0 atom stereocenters. The summed E-state index contributed by atoms with van der Waals surface area (Å²) in [5, 5.41) is 18.7. The van der Waals surface area contributed by atoms with Crippen molar-refractivity contribution >= 4 is 0 Å². The molecule has 0 amide bonds. The Balaban J connectivity index is 0. The quantitative estimate of drug-likeness (QED) is 0.480. The van der Waals surface area contributed by atoms with Crippen LogP contribution in [0.5, 0.6) is 0 Å². The highest BCUT2D eigenvalue weighted by Gasteiger charge is 1.90. The van der Waals surface area contributed by atoms with Crippen LogP contribution in [0, 0.1) is 20.2 Å². The number of nitrogens with zero attached hydrogens (tertiary/aromatic N) is 2. The van der Waals surface area contributed by atoms with Crippen molar-refractivity contribution in [2.75, 3.05) is 13.1 Å². The molecule has 6 heteroatoms. The Bertz CT molecular complexity index is 138. The van der Waals surface area contributed by atoms with Crippen molar-refractivity contribution in [3.63, 3.8) is 0 Å². The summed E-state index contributed by atoms with van der Waals surface area (Å²) >= 11 is 0. The van der Waals surface area contributed by atoms with Gasteiger partial charge in [-0.05, 0) is 6.42 Å². The normalized spacial score (nSPS) is 8.17. The lowest BCUT2D eigenvalue weighted by atomic mass is 10.3. The second kappa shape index (κ2) is 9.80. The van der Waals surface area contributed by atoms with E-state index >= 15 is 0 Å². The molecule has 6 nitrogen and oxygen atoms in total. The van der Waals surface area contributed by atoms with Gasteiger partial charge in [0.05, 0.1) is 0 Å². The van der Waals surface area contributed by atoms with Gasteiger partial charge in [0.25, 0.3) is 0 Å². The number of rotatable bonds is 4. The molecular formula is C6H14N2O4. The van der Waals surface area contributed by atoms with E-state index in [9.17, 15) is 20.2 Å². The molecule has 0 N–H and O–H groups in total. The van der Waals surface area contributed by atoms with Gasteiger partial charge in [0, 0.05) is 23.2 Å². The van der Waals surface area contributed by atoms with Crippen LogP contribution in [0.1, 0.15) is 26.7 Å². The Morgan fingerprint density at radius 2 is 1.50 bits per heavy atom. The van der Waals surface area contributed by atoms with Crippen LogP contribution in [0.15, 0.2) is 0 Å². The SMILES string of the molecule is CCCC[N+](=O)[O-].CC[N+](=O)[O-]. The first kappa shape index (κ1) is 13.4. The highest BCUT2D eigenvalue weighted by molar-refractivity contribution is 4.27. The maximum absolute atomic E-state index is 9.56. The van der Waals surface area contributed by atoms with Crippen LogP contribution in [0.25, 0.3) is 0 Å². The van der Waals surface area contributed by atoms with Crippen molar-refractivity contribution < 1.29 is 9.85 Å². The maximum atomic E-state index is 9.56. The zero-order valence-corrected chi connectivity index (χ0v) is 7.36. The molecule has 0 unspecified atom stereocenters. The molecule has 0 radical (unpaired) electrons. The lowest BCUT2D eigenvalue weighted by molar-refractivity contribution is -0.480.